The Bertz CT molecular complexity index is 1080. The average Bonchev–Trinajstić information content (AvgIpc) is 3.24. The van der Waals surface area contributed by atoms with Crippen molar-refractivity contribution in [2.75, 3.05) is 0 Å². The van der Waals surface area contributed by atoms with Crippen molar-refractivity contribution in [1.29, 1.82) is 0 Å². The minimum Gasteiger partial charge on any atom is -0.354 e. The molecule has 1 aliphatic carbocycles. The van der Waals surface area contributed by atoms with Gasteiger partial charge in [0.1, 0.15) is 11.2 Å². The summed E-state index contributed by atoms with van der Waals surface area (Å²) in [6.45, 7) is 8.00. The maximum atomic E-state index is 13.2. The Balaban J connectivity index is 1.79. The number of hydrogen-bond donors (Lipinski definition) is 2. The molecule has 176 valence electrons. The van der Waals surface area contributed by atoms with Gasteiger partial charge in [-0.1, -0.05) is 6.92 Å². The monoisotopic (exact) mass is 462 g/mol. The lowest BCUT2D eigenvalue weighted by Gasteiger charge is -2.28. The molecule has 1 aliphatic rings. The van der Waals surface area contributed by atoms with E-state index in [9.17, 15) is 19.2 Å². The molecule has 32 heavy (non-hydrogen) atoms. The molecule has 0 aliphatic heterocycles. The maximum absolute atomic E-state index is 13.2. The number of carbonyl (C=O) groups excluding carboxylic acids is 2. The van der Waals surface area contributed by atoms with Gasteiger partial charge >= 0.3 is 5.69 Å². The van der Waals surface area contributed by atoms with E-state index < -0.39 is 5.69 Å². The standard InChI is InChI=1S/C23H34N4O4S/c1-5-15(4)25-19(28)13-26-18-10-11-32-20(18)22(30)27(23(26)31)12-16-6-8-17(9-7-16)21(29)24-14(2)3/h10-11,14-17H,5-9,12-13H2,1-4H3,(H,24,29)(H,25,28). The fraction of sp³-hybridized carbons (Fsp3) is 0.652. The van der Waals surface area contributed by atoms with Gasteiger partial charge in [0.15, 0.2) is 0 Å². The molecule has 9 heteroatoms. The molecule has 0 saturated heterocycles. The Morgan fingerprint density at radius 2 is 1.78 bits per heavy atom. The Hall–Kier alpha value is -2.42. The molecule has 0 aromatic carbocycles. The van der Waals surface area contributed by atoms with Gasteiger partial charge in [-0.05, 0) is 70.2 Å². The van der Waals surface area contributed by atoms with Gasteiger partial charge in [0.25, 0.3) is 5.56 Å². The molecule has 2 N–H and O–H groups in total. The lowest BCUT2D eigenvalue weighted by molar-refractivity contribution is -0.126. The lowest BCUT2D eigenvalue weighted by Crippen LogP contribution is -2.44. The molecule has 1 saturated carbocycles. The first-order valence-electron chi connectivity index (χ1n) is 11.5. The summed E-state index contributed by atoms with van der Waals surface area (Å²) in [6, 6.07) is 1.86. The molecular weight excluding hydrogens is 428 g/mol. The number of aromatic nitrogens is 2. The van der Waals surface area contributed by atoms with E-state index in [1.54, 1.807) is 11.4 Å². The average molecular weight is 463 g/mol. The van der Waals surface area contributed by atoms with E-state index in [0.29, 0.717) is 16.8 Å². The third-order valence-electron chi connectivity index (χ3n) is 6.25. The van der Waals surface area contributed by atoms with E-state index in [1.165, 1.54) is 20.5 Å². The first-order chi connectivity index (χ1) is 15.2. The number of hydrogen-bond acceptors (Lipinski definition) is 5. The molecule has 1 unspecified atom stereocenters. The molecule has 2 aromatic rings. The van der Waals surface area contributed by atoms with Crippen LogP contribution in [0.2, 0.25) is 0 Å². The highest BCUT2D eigenvalue weighted by Gasteiger charge is 2.28. The predicted molar refractivity (Wildman–Crippen MR) is 127 cm³/mol. The normalized spacial score (nSPS) is 19.8. The van der Waals surface area contributed by atoms with Gasteiger partial charge in [-0.15, -0.1) is 11.3 Å². The maximum Gasteiger partial charge on any atom is 0.332 e. The van der Waals surface area contributed by atoms with Crippen LogP contribution in [0.4, 0.5) is 0 Å². The van der Waals surface area contributed by atoms with Crippen LogP contribution in [0.3, 0.4) is 0 Å². The van der Waals surface area contributed by atoms with E-state index in [1.807, 2.05) is 27.7 Å². The van der Waals surface area contributed by atoms with E-state index in [4.69, 9.17) is 0 Å². The Morgan fingerprint density at radius 3 is 2.41 bits per heavy atom. The molecule has 2 amide bonds. The van der Waals surface area contributed by atoms with Crippen molar-refractivity contribution in [3.8, 4) is 0 Å². The molecule has 0 spiro atoms. The van der Waals surface area contributed by atoms with Crippen LogP contribution in [-0.4, -0.2) is 33.0 Å². The van der Waals surface area contributed by atoms with Gasteiger partial charge in [-0.3, -0.25) is 23.5 Å². The van der Waals surface area contributed by atoms with Crippen molar-refractivity contribution in [2.45, 2.75) is 85.0 Å². The number of nitrogens with zero attached hydrogens (tertiary/aromatic N) is 2. The van der Waals surface area contributed by atoms with Crippen LogP contribution in [0, 0.1) is 11.8 Å². The summed E-state index contributed by atoms with van der Waals surface area (Å²) in [7, 11) is 0. The van der Waals surface area contributed by atoms with Crippen molar-refractivity contribution in [2.24, 2.45) is 11.8 Å². The summed E-state index contributed by atoms with van der Waals surface area (Å²) >= 11 is 1.29. The summed E-state index contributed by atoms with van der Waals surface area (Å²) in [5.74, 6) is -0.00419. The molecular formula is C23H34N4O4S. The van der Waals surface area contributed by atoms with Crippen LogP contribution < -0.4 is 21.9 Å². The van der Waals surface area contributed by atoms with E-state index >= 15 is 0 Å². The smallest absolute Gasteiger partial charge is 0.332 e. The summed E-state index contributed by atoms with van der Waals surface area (Å²) in [5, 5.41) is 7.63. The van der Waals surface area contributed by atoms with Gasteiger partial charge < -0.3 is 10.6 Å². The molecule has 8 nitrogen and oxygen atoms in total. The van der Waals surface area contributed by atoms with E-state index in [2.05, 4.69) is 10.6 Å². The van der Waals surface area contributed by atoms with Crippen molar-refractivity contribution < 1.29 is 9.59 Å². The quantitative estimate of drug-likeness (QED) is 0.629. The summed E-state index contributed by atoms with van der Waals surface area (Å²) in [5.41, 5.74) is -0.229. The van der Waals surface area contributed by atoms with Gasteiger partial charge in [0.05, 0.1) is 5.52 Å². The fourth-order valence-corrected chi connectivity index (χ4v) is 5.12. The van der Waals surface area contributed by atoms with Gasteiger partial charge in [-0.25, -0.2) is 4.79 Å². The van der Waals surface area contributed by atoms with Crippen LogP contribution in [0.1, 0.15) is 59.8 Å². The second kappa shape index (κ2) is 10.5. The Labute approximate surface area is 192 Å². The number of amides is 2. The minimum absolute atomic E-state index is 0.00828. The molecule has 3 rings (SSSR count). The zero-order valence-electron chi connectivity index (χ0n) is 19.3. The zero-order valence-corrected chi connectivity index (χ0v) is 20.2. The Kier molecular flexibility index (Phi) is 7.92. The largest absolute Gasteiger partial charge is 0.354 e. The molecule has 2 heterocycles. The predicted octanol–water partition coefficient (Wildman–Crippen LogP) is 2.47. The third-order valence-corrected chi connectivity index (χ3v) is 7.14. The number of fused-ring (bicyclic) bond motifs is 1. The SMILES string of the molecule is CCC(C)NC(=O)Cn1c(=O)n(CC2CCC(C(=O)NC(C)C)CC2)c(=O)c2sccc21. The van der Waals surface area contributed by atoms with Crippen LogP contribution in [0.5, 0.6) is 0 Å². The Morgan fingerprint density at radius 1 is 1.09 bits per heavy atom. The number of nitrogens with one attached hydrogen (secondary N) is 2. The zero-order chi connectivity index (χ0) is 23.4. The number of rotatable bonds is 8. The highest BCUT2D eigenvalue weighted by molar-refractivity contribution is 7.17. The lowest BCUT2D eigenvalue weighted by atomic mass is 9.81. The second-order valence-electron chi connectivity index (χ2n) is 9.18. The van der Waals surface area contributed by atoms with Crippen molar-refractivity contribution in [1.82, 2.24) is 19.8 Å². The molecule has 2 aromatic heterocycles. The van der Waals surface area contributed by atoms with Crippen LogP contribution in [-0.2, 0) is 22.7 Å². The molecule has 1 fully saturated rings. The number of carbonyl (C=O) groups is 2. The topological polar surface area (TPSA) is 102 Å². The van der Waals surface area contributed by atoms with E-state index in [0.717, 1.165) is 32.1 Å². The highest BCUT2D eigenvalue weighted by atomic mass is 32.1. The van der Waals surface area contributed by atoms with Crippen LogP contribution in [0.25, 0.3) is 10.2 Å². The van der Waals surface area contributed by atoms with Crippen molar-refractivity contribution in [3.05, 3.63) is 32.3 Å². The van der Waals surface area contributed by atoms with Crippen molar-refractivity contribution in [3.63, 3.8) is 0 Å². The second-order valence-corrected chi connectivity index (χ2v) is 10.1. The fourth-order valence-electron chi connectivity index (χ4n) is 4.28. The summed E-state index contributed by atoms with van der Waals surface area (Å²) < 4.78 is 3.19. The van der Waals surface area contributed by atoms with Gasteiger partial charge in [0.2, 0.25) is 11.8 Å². The number of thiophene rings is 1. The summed E-state index contributed by atoms with van der Waals surface area (Å²) in [4.78, 5) is 51.0. The molecule has 0 bridgehead atoms. The third kappa shape index (κ3) is 5.49. The molecule has 0 radical (unpaired) electrons. The molecule has 1 atom stereocenters. The highest BCUT2D eigenvalue weighted by Crippen LogP contribution is 2.30. The van der Waals surface area contributed by atoms with Crippen LogP contribution >= 0.6 is 11.3 Å². The first kappa shape index (κ1) is 24.2. The van der Waals surface area contributed by atoms with E-state index in [-0.39, 0.29) is 47.8 Å². The van der Waals surface area contributed by atoms with Gasteiger partial charge in [-0.2, -0.15) is 0 Å². The first-order valence-corrected chi connectivity index (χ1v) is 12.4. The summed E-state index contributed by atoms with van der Waals surface area (Å²) in [6.07, 6.45) is 3.89. The van der Waals surface area contributed by atoms with Crippen molar-refractivity contribution >= 4 is 33.4 Å². The minimum atomic E-state index is -0.445. The van der Waals surface area contributed by atoms with Gasteiger partial charge in [0, 0.05) is 24.5 Å². The van der Waals surface area contributed by atoms with Crippen LogP contribution in [0.15, 0.2) is 21.0 Å².